The van der Waals surface area contributed by atoms with Crippen molar-refractivity contribution in [1.82, 2.24) is 9.13 Å². The van der Waals surface area contributed by atoms with Crippen LogP contribution in [0.15, 0.2) is 267 Å². The molecule has 14 aromatic rings. The number of para-hydroxylation sites is 4. The van der Waals surface area contributed by atoms with Crippen molar-refractivity contribution in [2.24, 2.45) is 0 Å². The summed E-state index contributed by atoms with van der Waals surface area (Å²) >= 11 is 0. The molecule has 0 aliphatic rings. The first-order valence-electron chi connectivity index (χ1n) is 24.0. The predicted octanol–water partition coefficient (Wildman–Crippen LogP) is 18.2. The van der Waals surface area contributed by atoms with Crippen LogP contribution in [0.2, 0.25) is 0 Å². The Bertz CT molecular complexity index is 3980. The van der Waals surface area contributed by atoms with E-state index in [9.17, 15) is 0 Å². The monoisotopic (exact) mass is 892 g/mol. The van der Waals surface area contributed by atoms with E-state index in [2.05, 4.69) is 286 Å². The van der Waals surface area contributed by atoms with Crippen molar-refractivity contribution in [1.29, 1.82) is 0 Å². The van der Waals surface area contributed by atoms with Crippen LogP contribution in [0, 0.1) is 0 Å². The van der Waals surface area contributed by atoms with Gasteiger partial charge >= 0.3 is 0 Å². The van der Waals surface area contributed by atoms with Gasteiger partial charge in [0.1, 0.15) is 0 Å². The maximum Gasteiger partial charge on any atom is 0.0620 e. The molecule has 0 saturated carbocycles. The highest BCUT2D eigenvalue weighted by Gasteiger charge is 2.23. The smallest absolute Gasteiger partial charge is 0.0620 e. The third-order valence-corrected chi connectivity index (χ3v) is 14.2. The molecule has 2 heterocycles. The molecule has 0 radical (unpaired) electrons. The molecular formula is C66H44N4. The summed E-state index contributed by atoms with van der Waals surface area (Å²) in [5.74, 6) is 0. The average molecular weight is 893 g/mol. The number of rotatable bonds is 9. The molecule has 0 saturated heterocycles. The van der Waals surface area contributed by atoms with Crippen LogP contribution < -0.4 is 9.80 Å². The van der Waals surface area contributed by atoms with Crippen LogP contribution >= 0.6 is 0 Å². The summed E-state index contributed by atoms with van der Waals surface area (Å²) in [5, 5.41) is 11.3. The van der Waals surface area contributed by atoms with E-state index in [-0.39, 0.29) is 0 Å². The summed E-state index contributed by atoms with van der Waals surface area (Å²) < 4.78 is 4.93. The van der Waals surface area contributed by atoms with Gasteiger partial charge in [-0.3, -0.25) is 0 Å². The van der Waals surface area contributed by atoms with Crippen LogP contribution in [0.4, 0.5) is 34.1 Å². The van der Waals surface area contributed by atoms with Crippen molar-refractivity contribution >= 4 is 99.2 Å². The van der Waals surface area contributed by atoms with Gasteiger partial charge in [0.05, 0.1) is 22.2 Å². The molecule has 4 nitrogen and oxygen atoms in total. The average Bonchev–Trinajstić information content (AvgIpc) is 3.99. The highest BCUT2D eigenvalue weighted by atomic mass is 15.1. The molecule has 0 aliphatic carbocycles. The Morgan fingerprint density at radius 1 is 0.257 bits per heavy atom. The fourth-order valence-corrected chi connectivity index (χ4v) is 11.2. The van der Waals surface area contributed by atoms with E-state index in [0.717, 1.165) is 56.5 Å². The van der Waals surface area contributed by atoms with E-state index in [1.807, 2.05) is 0 Å². The fourth-order valence-electron chi connectivity index (χ4n) is 11.2. The second-order valence-electron chi connectivity index (χ2n) is 18.1. The highest BCUT2D eigenvalue weighted by molar-refractivity contribution is 6.34. The number of aromatic nitrogens is 2. The molecule has 12 aromatic carbocycles. The van der Waals surface area contributed by atoms with E-state index in [1.54, 1.807) is 0 Å². The lowest BCUT2D eigenvalue weighted by Gasteiger charge is -2.26. The molecule has 2 aromatic heterocycles. The van der Waals surface area contributed by atoms with Gasteiger partial charge in [-0.15, -0.1) is 0 Å². The Morgan fingerprint density at radius 3 is 1.14 bits per heavy atom. The fraction of sp³-hybridized carbons (Fsp3) is 0. The van der Waals surface area contributed by atoms with Crippen LogP contribution in [0.25, 0.3) is 87.7 Å². The van der Waals surface area contributed by atoms with Crippen molar-refractivity contribution in [2.75, 3.05) is 9.80 Å². The SMILES string of the molecule is c1ccc(-c2cc3c4cccc5ccc6cccc(c6c54)c3n2-c2ccc(-n3c4ccc(N(c5ccccc5)c5ccccc5)cc4c4cc(N(c5ccccc5)c5ccccc5)ccc43)cc2)cc1. The van der Waals surface area contributed by atoms with Gasteiger partial charge in [-0.2, -0.15) is 0 Å². The molecular weight excluding hydrogens is 849 g/mol. The number of fused-ring (bicyclic) bond motifs is 6. The minimum atomic E-state index is 1.09. The molecule has 0 unspecified atom stereocenters. The number of nitrogens with zero attached hydrogens (tertiary/aromatic N) is 4. The Balaban J connectivity index is 0.995. The minimum absolute atomic E-state index is 1.09. The summed E-state index contributed by atoms with van der Waals surface area (Å²) in [6, 6.07) is 97.1. The molecule has 0 atom stereocenters. The summed E-state index contributed by atoms with van der Waals surface area (Å²) in [7, 11) is 0. The molecule has 0 amide bonds. The Labute approximate surface area is 405 Å². The van der Waals surface area contributed by atoms with Crippen LogP contribution in [0.5, 0.6) is 0 Å². The van der Waals surface area contributed by atoms with Gasteiger partial charge in [-0.05, 0) is 148 Å². The standard InChI is InChI=1S/C66H44N4/c1-6-18-45(19-7-1)63-44-60-56-30-16-20-46-32-33-47-21-17-31-57(65(47)64(46)56)66(60)70(63)53-36-34-52(35-37-53)69-61-40-38-54(67(48-22-8-2-9-23-48)49-24-10-3-11-25-49)42-58(61)59-43-55(39-41-62(59)69)68(50-26-12-4-13-27-50)51-28-14-5-15-29-51/h1-44H. The van der Waals surface area contributed by atoms with E-state index in [0.29, 0.717) is 0 Å². The molecule has 70 heavy (non-hydrogen) atoms. The molecule has 328 valence electrons. The van der Waals surface area contributed by atoms with Crippen LogP contribution in [0.1, 0.15) is 0 Å². The van der Waals surface area contributed by atoms with Gasteiger partial charge < -0.3 is 18.9 Å². The van der Waals surface area contributed by atoms with Crippen LogP contribution in [0.3, 0.4) is 0 Å². The Morgan fingerprint density at radius 2 is 0.671 bits per heavy atom. The number of hydrogen-bond acceptors (Lipinski definition) is 2. The first kappa shape index (κ1) is 39.8. The summed E-state index contributed by atoms with van der Waals surface area (Å²) in [5.41, 5.74) is 14.6. The van der Waals surface area contributed by atoms with Gasteiger partial charge in [0.25, 0.3) is 0 Å². The lowest BCUT2D eigenvalue weighted by atomic mass is 9.92. The quantitative estimate of drug-likeness (QED) is 0.134. The first-order chi connectivity index (χ1) is 34.7. The molecule has 0 bridgehead atoms. The van der Waals surface area contributed by atoms with Crippen LogP contribution in [-0.4, -0.2) is 9.13 Å². The normalized spacial score (nSPS) is 11.7. The van der Waals surface area contributed by atoms with E-state index < -0.39 is 0 Å². The third kappa shape index (κ3) is 6.31. The highest BCUT2D eigenvalue weighted by Crippen LogP contribution is 2.46. The van der Waals surface area contributed by atoms with Gasteiger partial charge in [0.2, 0.25) is 0 Å². The largest absolute Gasteiger partial charge is 0.310 e. The second kappa shape index (κ2) is 16.2. The van der Waals surface area contributed by atoms with Crippen molar-refractivity contribution < 1.29 is 0 Å². The summed E-state index contributed by atoms with van der Waals surface area (Å²) in [6.07, 6.45) is 0. The number of benzene rings is 12. The topological polar surface area (TPSA) is 16.3 Å². The number of anilines is 6. The van der Waals surface area contributed by atoms with Crippen molar-refractivity contribution in [3.8, 4) is 22.6 Å². The lowest BCUT2D eigenvalue weighted by Crippen LogP contribution is -2.09. The van der Waals surface area contributed by atoms with E-state index >= 15 is 0 Å². The maximum atomic E-state index is 2.49. The zero-order valence-corrected chi connectivity index (χ0v) is 38.2. The van der Waals surface area contributed by atoms with E-state index in [4.69, 9.17) is 0 Å². The lowest BCUT2D eigenvalue weighted by molar-refractivity contribution is 1.12. The van der Waals surface area contributed by atoms with Crippen molar-refractivity contribution in [2.45, 2.75) is 0 Å². The van der Waals surface area contributed by atoms with Crippen molar-refractivity contribution in [3.63, 3.8) is 0 Å². The first-order valence-corrected chi connectivity index (χ1v) is 24.0. The summed E-state index contributed by atoms with van der Waals surface area (Å²) in [4.78, 5) is 4.70. The molecule has 14 rings (SSSR count). The van der Waals surface area contributed by atoms with Crippen molar-refractivity contribution in [3.05, 3.63) is 267 Å². The van der Waals surface area contributed by atoms with E-state index in [1.165, 1.54) is 65.3 Å². The zero-order valence-electron chi connectivity index (χ0n) is 38.2. The van der Waals surface area contributed by atoms with Crippen LogP contribution in [-0.2, 0) is 0 Å². The van der Waals surface area contributed by atoms with Gasteiger partial charge in [0.15, 0.2) is 0 Å². The Hall–Kier alpha value is -9.38. The zero-order chi connectivity index (χ0) is 46.1. The number of hydrogen-bond donors (Lipinski definition) is 0. The molecule has 0 N–H and O–H groups in total. The summed E-state index contributed by atoms with van der Waals surface area (Å²) in [6.45, 7) is 0. The maximum absolute atomic E-state index is 2.49. The second-order valence-corrected chi connectivity index (χ2v) is 18.1. The molecule has 0 aliphatic heterocycles. The predicted molar refractivity (Wildman–Crippen MR) is 296 cm³/mol. The molecule has 0 spiro atoms. The third-order valence-electron chi connectivity index (χ3n) is 14.2. The minimum Gasteiger partial charge on any atom is -0.310 e. The molecule has 4 heteroatoms. The molecule has 0 fully saturated rings. The van der Waals surface area contributed by atoms with Gasteiger partial charge in [-0.25, -0.2) is 0 Å². The van der Waals surface area contributed by atoms with Gasteiger partial charge in [-0.1, -0.05) is 152 Å². The Kier molecular flexibility index (Phi) is 9.17. The van der Waals surface area contributed by atoms with Gasteiger partial charge in [0, 0.05) is 67.0 Å².